The maximum Gasteiger partial charge on any atom is 0.321 e. The van der Waals surface area contributed by atoms with E-state index in [0.717, 1.165) is 58.0 Å². The summed E-state index contributed by atoms with van der Waals surface area (Å²) in [5, 5.41) is 3.05. The molecule has 144 valence electrons. The number of carbonyl (C=O) groups excluding carboxylic acids is 1. The van der Waals surface area contributed by atoms with Gasteiger partial charge in [0.1, 0.15) is 0 Å². The van der Waals surface area contributed by atoms with Crippen LogP contribution >= 0.6 is 0 Å². The summed E-state index contributed by atoms with van der Waals surface area (Å²) in [5.41, 5.74) is 2.14. The van der Waals surface area contributed by atoms with Crippen molar-refractivity contribution in [1.82, 2.24) is 14.7 Å². The Morgan fingerprint density at radius 2 is 1.65 bits per heavy atom. The van der Waals surface area contributed by atoms with Gasteiger partial charge in [-0.2, -0.15) is 0 Å². The van der Waals surface area contributed by atoms with E-state index in [1.165, 1.54) is 24.9 Å². The van der Waals surface area contributed by atoms with E-state index in [9.17, 15) is 4.79 Å². The molecule has 1 N–H and O–H groups in total. The molecule has 1 aromatic carbocycles. The van der Waals surface area contributed by atoms with Crippen molar-refractivity contribution in [2.45, 2.75) is 19.3 Å². The van der Waals surface area contributed by atoms with E-state index in [2.05, 4.69) is 46.2 Å². The molecule has 0 aromatic heterocycles. The summed E-state index contributed by atoms with van der Waals surface area (Å²) in [6.07, 6.45) is 3.74. The van der Waals surface area contributed by atoms with E-state index < -0.39 is 0 Å². The minimum absolute atomic E-state index is 0.0202. The Bertz CT molecular complexity index is 560. The zero-order chi connectivity index (χ0) is 18.4. The number of rotatable bonds is 6. The molecule has 0 saturated carbocycles. The van der Waals surface area contributed by atoms with Crippen LogP contribution in [0, 0.1) is 0 Å². The summed E-state index contributed by atoms with van der Waals surface area (Å²) >= 11 is 0. The van der Waals surface area contributed by atoms with Crippen molar-refractivity contribution in [3.63, 3.8) is 0 Å². The van der Waals surface area contributed by atoms with Gasteiger partial charge >= 0.3 is 6.03 Å². The van der Waals surface area contributed by atoms with Gasteiger partial charge in [-0.25, -0.2) is 4.79 Å². The zero-order valence-corrected chi connectivity index (χ0v) is 16.3. The maximum absolute atomic E-state index is 12.5. The van der Waals surface area contributed by atoms with Gasteiger partial charge in [0, 0.05) is 50.6 Å². The summed E-state index contributed by atoms with van der Waals surface area (Å²) in [4.78, 5) is 21.5. The molecule has 0 unspecified atom stereocenters. The summed E-state index contributed by atoms with van der Waals surface area (Å²) < 4.78 is 0. The van der Waals surface area contributed by atoms with Crippen molar-refractivity contribution in [1.29, 1.82) is 0 Å². The normalized spacial score (nSPS) is 18.6. The van der Waals surface area contributed by atoms with Gasteiger partial charge in [0.15, 0.2) is 0 Å². The molecule has 0 spiro atoms. The number of urea groups is 1. The second-order valence-electron chi connectivity index (χ2n) is 7.66. The predicted octanol–water partition coefficient (Wildman–Crippen LogP) is 2.39. The second-order valence-corrected chi connectivity index (χ2v) is 7.66. The van der Waals surface area contributed by atoms with E-state index in [-0.39, 0.29) is 6.03 Å². The molecule has 6 nitrogen and oxygen atoms in total. The van der Waals surface area contributed by atoms with E-state index in [1.54, 1.807) is 0 Å². The Balaban J connectivity index is 1.41. The number of piperazine rings is 1. The lowest BCUT2D eigenvalue weighted by Gasteiger charge is -2.34. The average Bonchev–Trinajstić information content (AvgIpc) is 3.17. The topological polar surface area (TPSA) is 42.1 Å². The lowest BCUT2D eigenvalue weighted by Crippen LogP contribution is -2.50. The van der Waals surface area contributed by atoms with Gasteiger partial charge in [-0.1, -0.05) is 0 Å². The fraction of sp³-hybridized carbons (Fsp3) is 0.650. The summed E-state index contributed by atoms with van der Waals surface area (Å²) in [5.74, 6) is 0. The molecule has 0 radical (unpaired) electrons. The van der Waals surface area contributed by atoms with E-state index in [0.29, 0.717) is 0 Å². The van der Waals surface area contributed by atoms with Gasteiger partial charge in [-0.3, -0.25) is 4.90 Å². The molecule has 1 aromatic rings. The van der Waals surface area contributed by atoms with E-state index in [4.69, 9.17) is 0 Å². The first-order valence-electron chi connectivity index (χ1n) is 9.90. The van der Waals surface area contributed by atoms with Crippen LogP contribution in [0.5, 0.6) is 0 Å². The Morgan fingerprint density at radius 1 is 1.00 bits per heavy atom. The van der Waals surface area contributed by atoms with Crippen LogP contribution < -0.4 is 10.2 Å². The molecular formula is C20H33N5O. The number of carbonyl (C=O) groups is 1. The highest BCUT2D eigenvalue weighted by Gasteiger charge is 2.21. The van der Waals surface area contributed by atoms with Gasteiger partial charge < -0.3 is 20.0 Å². The molecule has 2 saturated heterocycles. The zero-order valence-electron chi connectivity index (χ0n) is 16.3. The Morgan fingerprint density at radius 3 is 2.27 bits per heavy atom. The molecule has 2 heterocycles. The van der Waals surface area contributed by atoms with Crippen LogP contribution in [0.1, 0.15) is 19.3 Å². The number of hydrogen-bond donors (Lipinski definition) is 1. The average molecular weight is 360 g/mol. The van der Waals surface area contributed by atoms with Crippen LogP contribution in [-0.4, -0.2) is 87.2 Å². The SMILES string of the molecule is CN(C)CCCN1CCN(C(=O)Nc2ccc(N3CCCC3)cc2)CC1. The molecule has 0 aliphatic carbocycles. The molecule has 0 atom stereocenters. The van der Waals surface area contributed by atoms with Crippen molar-refractivity contribution in [2.75, 3.05) is 76.7 Å². The monoisotopic (exact) mass is 359 g/mol. The smallest absolute Gasteiger partial charge is 0.321 e. The fourth-order valence-corrected chi connectivity index (χ4v) is 3.72. The number of benzene rings is 1. The van der Waals surface area contributed by atoms with E-state index >= 15 is 0 Å². The third-order valence-corrected chi connectivity index (χ3v) is 5.33. The van der Waals surface area contributed by atoms with Gasteiger partial charge in [0.25, 0.3) is 0 Å². The summed E-state index contributed by atoms with van der Waals surface area (Å²) in [6.45, 7) is 8.07. The highest BCUT2D eigenvalue weighted by molar-refractivity contribution is 5.89. The number of anilines is 2. The number of nitrogens with one attached hydrogen (secondary N) is 1. The molecule has 26 heavy (non-hydrogen) atoms. The molecular weight excluding hydrogens is 326 g/mol. The fourth-order valence-electron chi connectivity index (χ4n) is 3.72. The lowest BCUT2D eigenvalue weighted by molar-refractivity contribution is 0.144. The van der Waals surface area contributed by atoms with Crippen LogP contribution in [-0.2, 0) is 0 Å². The molecule has 2 amide bonds. The van der Waals surface area contributed by atoms with Crippen molar-refractivity contribution < 1.29 is 4.79 Å². The van der Waals surface area contributed by atoms with Crippen molar-refractivity contribution in [2.24, 2.45) is 0 Å². The van der Waals surface area contributed by atoms with Gasteiger partial charge in [-0.15, -0.1) is 0 Å². The summed E-state index contributed by atoms with van der Waals surface area (Å²) in [7, 11) is 4.22. The third-order valence-electron chi connectivity index (χ3n) is 5.33. The van der Waals surface area contributed by atoms with Crippen molar-refractivity contribution in [3.8, 4) is 0 Å². The van der Waals surface area contributed by atoms with Gasteiger partial charge in [0.2, 0.25) is 0 Å². The molecule has 2 fully saturated rings. The minimum Gasteiger partial charge on any atom is -0.372 e. The standard InChI is InChI=1S/C20H33N5O/c1-22(2)10-5-11-23-14-16-25(17-15-23)20(26)21-18-6-8-19(9-7-18)24-12-3-4-13-24/h6-9H,3-5,10-17H2,1-2H3,(H,21,26). The largest absolute Gasteiger partial charge is 0.372 e. The molecule has 2 aliphatic heterocycles. The van der Waals surface area contributed by atoms with Crippen LogP contribution in [0.25, 0.3) is 0 Å². The predicted molar refractivity (Wildman–Crippen MR) is 108 cm³/mol. The third kappa shape index (κ3) is 5.35. The number of amides is 2. The van der Waals surface area contributed by atoms with Crippen LogP contribution in [0.2, 0.25) is 0 Å². The number of hydrogen-bond acceptors (Lipinski definition) is 4. The Labute approximate surface area is 157 Å². The quantitative estimate of drug-likeness (QED) is 0.847. The first-order valence-corrected chi connectivity index (χ1v) is 9.90. The molecule has 2 aliphatic rings. The highest BCUT2D eigenvalue weighted by atomic mass is 16.2. The minimum atomic E-state index is 0.0202. The van der Waals surface area contributed by atoms with Crippen LogP contribution in [0.3, 0.4) is 0 Å². The molecule has 6 heteroatoms. The Kier molecular flexibility index (Phi) is 6.74. The first kappa shape index (κ1) is 19.0. The number of nitrogens with zero attached hydrogens (tertiary/aromatic N) is 4. The first-order chi connectivity index (χ1) is 12.6. The van der Waals surface area contributed by atoms with Crippen LogP contribution in [0.4, 0.5) is 16.2 Å². The van der Waals surface area contributed by atoms with Crippen molar-refractivity contribution >= 4 is 17.4 Å². The van der Waals surface area contributed by atoms with Gasteiger partial charge in [0.05, 0.1) is 0 Å². The molecule has 0 bridgehead atoms. The highest BCUT2D eigenvalue weighted by Crippen LogP contribution is 2.22. The Hall–Kier alpha value is -1.79. The van der Waals surface area contributed by atoms with Crippen molar-refractivity contribution in [3.05, 3.63) is 24.3 Å². The molecule has 3 rings (SSSR count). The summed E-state index contributed by atoms with van der Waals surface area (Å²) in [6, 6.07) is 8.28. The van der Waals surface area contributed by atoms with Crippen LogP contribution in [0.15, 0.2) is 24.3 Å². The lowest BCUT2D eigenvalue weighted by atomic mass is 10.2. The van der Waals surface area contributed by atoms with E-state index in [1.807, 2.05) is 17.0 Å². The van der Waals surface area contributed by atoms with Gasteiger partial charge in [-0.05, 0) is 70.7 Å². The maximum atomic E-state index is 12.5. The second kappa shape index (κ2) is 9.24.